The molecule has 5 heteroatoms. The Labute approximate surface area is 183 Å². The summed E-state index contributed by atoms with van der Waals surface area (Å²) in [6, 6.07) is 12.9. The fourth-order valence-corrected chi connectivity index (χ4v) is 4.55. The van der Waals surface area contributed by atoms with Crippen LogP contribution < -0.4 is 10.7 Å². The Morgan fingerprint density at radius 2 is 1.87 bits per heavy atom. The van der Waals surface area contributed by atoms with Crippen molar-refractivity contribution in [2.24, 2.45) is 5.92 Å². The number of aryl methyl sites for hydroxylation is 2. The number of para-hydroxylation sites is 1. The van der Waals surface area contributed by atoms with Gasteiger partial charge in [-0.25, -0.2) is 0 Å². The summed E-state index contributed by atoms with van der Waals surface area (Å²) >= 11 is 0. The third kappa shape index (κ3) is 4.61. The normalized spacial score (nSPS) is 14.4. The van der Waals surface area contributed by atoms with Crippen LogP contribution in [0.3, 0.4) is 0 Å². The number of carbonyl (C=O) groups is 1. The van der Waals surface area contributed by atoms with E-state index in [0.29, 0.717) is 17.3 Å². The number of pyridine rings is 2. The largest absolute Gasteiger partial charge is 0.344 e. The van der Waals surface area contributed by atoms with Crippen LogP contribution in [0.4, 0.5) is 5.69 Å². The molecule has 0 spiro atoms. The zero-order valence-electron chi connectivity index (χ0n) is 18.2. The third-order valence-electron chi connectivity index (χ3n) is 6.24. The molecule has 1 aromatic carbocycles. The molecule has 1 N–H and O–H groups in total. The molecule has 0 aliphatic heterocycles. The molecule has 1 aliphatic rings. The Morgan fingerprint density at radius 3 is 2.58 bits per heavy atom. The van der Waals surface area contributed by atoms with E-state index in [0.717, 1.165) is 23.4 Å². The van der Waals surface area contributed by atoms with Gasteiger partial charge in [-0.2, -0.15) is 0 Å². The van der Waals surface area contributed by atoms with Crippen molar-refractivity contribution in [3.05, 3.63) is 81.9 Å². The van der Waals surface area contributed by atoms with Crippen LogP contribution in [-0.2, 0) is 6.54 Å². The summed E-state index contributed by atoms with van der Waals surface area (Å²) in [6.45, 7) is 4.70. The van der Waals surface area contributed by atoms with Gasteiger partial charge in [0.2, 0.25) is 0 Å². The summed E-state index contributed by atoms with van der Waals surface area (Å²) in [5, 5.41) is 2.96. The fraction of sp³-hybridized carbons (Fsp3) is 0.346. The van der Waals surface area contributed by atoms with E-state index in [1.54, 1.807) is 18.5 Å². The highest BCUT2D eigenvalue weighted by Crippen LogP contribution is 2.30. The molecule has 1 amide bonds. The van der Waals surface area contributed by atoms with Gasteiger partial charge in [0.05, 0.1) is 5.69 Å². The number of nitrogens with zero attached hydrogens (tertiary/aromatic N) is 2. The zero-order chi connectivity index (χ0) is 21.8. The summed E-state index contributed by atoms with van der Waals surface area (Å²) < 4.78 is 2.15. The van der Waals surface area contributed by atoms with Crippen molar-refractivity contribution in [2.45, 2.75) is 52.5 Å². The van der Waals surface area contributed by atoms with E-state index in [1.165, 1.54) is 32.1 Å². The molecule has 5 nitrogen and oxygen atoms in total. The van der Waals surface area contributed by atoms with E-state index in [1.807, 2.05) is 50.2 Å². The van der Waals surface area contributed by atoms with Gasteiger partial charge in [0.1, 0.15) is 5.56 Å². The molecule has 1 saturated carbocycles. The topological polar surface area (TPSA) is 64.0 Å². The first kappa shape index (κ1) is 21.0. The van der Waals surface area contributed by atoms with Crippen LogP contribution in [0.25, 0.3) is 11.3 Å². The Bertz CT molecular complexity index is 1130. The van der Waals surface area contributed by atoms with Gasteiger partial charge in [0.25, 0.3) is 5.91 Å². The summed E-state index contributed by atoms with van der Waals surface area (Å²) in [5.41, 5.74) is 3.91. The minimum Gasteiger partial charge on any atom is -0.344 e. The Kier molecular flexibility index (Phi) is 6.31. The second-order valence-corrected chi connectivity index (χ2v) is 8.50. The molecule has 0 unspecified atom stereocenters. The van der Waals surface area contributed by atoms with Gasteiger partial charge in [-0.05, 0) is 56.4 Å². The molecule has 0 atom stereocenters. The average molecular weight is 416 g/mol. The van der Waals surface area contributed by atoms with Gasteiger partial charge in [0, 0.05) is 41.9 Å². The molecule has 0 bridgehead atoms. The van der Waals surface area contributed by atoms with E-state index < -0.39 is 0 Å². The average Bonchev–Trinajstić information content (AvgIpc) is 2.78. The number of amides is 1. The lowest BCUT2D eigenvalue weighted by atomic mass is 9.88. The summed E-state index contributed by atoms with van der Waals surface area (Å²) in [6.07, 6.45) is 9.58. The summed E-state index contributed by atoms with van der Waals surface area (Å²) in [5.74, 6) is 0.174. The zero-order valence-corrected chi connectivity index (χ0v) is 18.2. The van der Waals surface area contributed by atoms with E-state index in [9.17, 15) is 9.59 Å². The van der Waals surface area contributed by atoms with E-state index >= 15 is 0 Å². The van der Waals surface area contributed by atoms with E-state index in [4.69, 9.17) is 0 Å². The number of rotatable bonds is 5. The molecule has 1 fully saturated rings. The van der Waals surface area contributed by atoms with Crippen molar-refractivity contribution >= 4 is 11.6 Å². The lowest BCUT2D eigenvalue weighted by Gasteiger charge is -2.27. The van der Waals surface area contributed by atoms with Crippen LogP contribution >= 0.6 is 0 Å². The van der Waals surface area contributed by atoms with Crippen LogP contribution in [0.1, 0.15) is 53.7 Å². The SMILES string of the molecule is Cc1ccccc1NC(=O)c1c(-c2cccnc2)n(CC2CCCCC2)c(C)cc1=O. The molecule has 1 aliphatic carbocycles. The number of carbonyl (C=O) groups excluding carboxylic acids is 1. The third-order valence-corrected chi connectivity index (χ3v) is 6.24. The monoisotopic (exact) mass is 415 g/mol. The number of nitrogens with one attached hydrogen (secondary N) is 1. The van der Waals surface area contributed by atoms with Crippen molar-refractivity contribution < 1.29 is 4.79 Å². The van der Waals surface area contributed by atoms with Gasteiger partial charge in [-0.3, -0.25) is 14.6 Å². The van der Waals surface area contributed by atoms with Gasteiger partial charge >= 0.3 is 0 Å². The molecule has 4 rings (SSSR count). The lowest BCUT2D eigenvalue weighted by Crippen LogP contribution is -2.28. The van der Waals surface area contributed by atoms with Crippen molar-refractivity contribution in [3.63, 3.8) is 0 Å². The highest BCUT2D eigenvalue weighted by Gasteiger charge is 2.24. The maximum absolute atomic E-state index is 13.4. The maximum Gasteiger partial charge on any atom is 0.261 e. The minimum atomic E-state index is -0.379. The molecule has 160 valence electrons. The van der Waals surface area contributed by atoms with Crippen LogP contribution in [0.2, 0.25) is 0 Å². The second-order valence-electron chi connectivity index (χ2n) is 8.50. The number of aromatic nitrogens is 2. The highest BCUT2D eigenvalue weighted by atomic mass is 16.2. The molecule has 0 radical (unpaired) electrons. The van der Waals surface area contributed by atoms with Gasteiger partial charge in [0.15, 0.2) is 5.43 Å². The molecular formula is C26H29N3O2. The quantitative estimate of drug-likeness (QED) is 0.610. The lowest BCUT2D eigenvalue weighted by molar-refractivity contribution is 0.102. The standard InChI is InChI=1S/C26H29N3O2/c1-18-9-6-7-13-22(18)28-26(31)24-23(30)15-19(2)29(17-20-10-4-3-5-11-20)25(24)21-12-8-14-27-16-21/h6-9,12-16,20H,3-5,10-11,17H2,1-2H3,(H,28,31). The van der Waals surface area contributed by atoms with Crippen molar-refractivity contribution in [1.82, 2.24) is 9.55 Å². The molecule has 2 aromatic heterocycles. The number of anilines is 1. The predicted molar refractivity (Wildman–Crippen MR) is 124 cm³/mol. The molecular weight excluding hydrogens is 386 g/mol. The van der Waals surface area contributed by atoms with E-state index in [-0.39, 0.29) is 16.9 Å². The Morgan fingerprint density at radius 1 is 1.10 bits per heavy atom. The first-order valence-electron chi connectivity index (χ1n) is 11.1. The molecule has 0 saturated heterocycles. The van der Waals surface area contributed by atoms with Crippen LogP contribution in [0, 0.1) is 19.8 Å². The smallest absolute Gasteiger partial charge is 0.261 e. The summed E-state index contributed by atoms with van der Waals surface area (Å²) in [4.78, 5) is 30.8. The van der Waals surface area contributed by atoms with Gasteiger partial charge < -0.3 is 9.88 Å². The van der Waals surface area contributed by atoms with E-state index in [2.05, 4.69) is 14.9 Å². The first-order valence-corrected chi connectivity index (χ1v) is 11.1. The molecule has 3 aromatic rings. The minimum absolute atomic E-state index is 0.178. The fourth-order valence-electron chi connectivity index (χ4n) is 4.55. The Hall–Kier alpha value is -3.21. The second kappa shape index (κ2) is 9.29. The van der Waals surface area contributed by atoms with Crippen LogP contribution in [-0.4, -0.2) is 15.5 Å². The summed E-state index contributed by atoms with van der Waals surface area (Å²) in [7, 11) is 0. The number of benzene rings is 1. The maximum atomic E-state index is 13.4. The number of hydrogen-bond acceptors (Lipinski definition) is 3. The van der Waals surface area contributed by atoms with Crippen LogP contribution in [0.5, 0.6) is 0 Å². The predicted octanol–water partition coefficient (Wildman–Crippen LogP) is 5.36. The van der Waals surface area contributed by atoms with Crippen LogP contribution in [0.15, 0.2) is 59.7 Å². The number of hydrogen-bond donors (Lipinski definition) is 1. The molecule has 31 heavy (non-hydrogen) atoms. The van der Waals surface area contributed by atoms with Crippen molar-refractivity contribution in [3.8, 4) is 11.3 Å². The van der Waals surface area contributed by atoms with Gasteiger partial charge in [-0.15, -0.1) is 0 Å². The van der Waals surface area contributed by atoms with Crippen molar-refractivity contribution in [2.75, 3.05) is 5.32 Å². The van der Waals surface area contributed by atoms with Gasteiger partial charge in [-0.1, -0.05) is 37.5 Å². The highest BCUT2D eigenvalue weighted by molar-refractivity contribution is 6.08. The molecule has 2 heterocycles. The first-order chi connectivity index (χ1) is 15.0. The Balaban J connectivity index is 1.83. The van der Waals surface area contributed by atoms with Crippen molar-refractivity contribution in [1.29, 1.82) is 0 Å².